The Morgan fingerprint density at radius 1 is 1.15 bits per heavy atom. The third-order valence-corrected chi connectivity index (χ3v) is 5.70. The molecule has 0 saturated heterocycles. The average molecular weight is 391 g/mol. The highest BCUT2D eigenvalue weighted by molar-refractivity contribution is 7.92. The van der Waals surface area contributed by atoms with Gasteiger partial charge in [-0.1, -0.05) is 19.1 Å². The van der Waals surface area contributed by atoms with Gasteiger partial charge in [0.15, 0.2) is 0 Å². The molecule has 2 aromatic rings. The predicted molar refractivity (Wildman–Crippen MR) is 109 cm³/mol. The molecule has 0 aliphatic rings. The fourth-order valence-electron chi connectivity index (χ4n) is 2.89. The second-order valence-electron chi connectivity index (χ2n) is 6.42. The van der Waals surface area contributed by atoms with Crippen molar-refractivity contribution in [2.45, 2.75) is 33.2 Å². The lowest BCUT2D eigenvalue weighted by atomic mass is 10.1. The molecule has 0 saturated carbocycles. The summed E-state index contributed by atoms with van der Waals surface area (Å²) in [6.07, 6.45) is 1.43. The lowest BCUT2D eigenvalue weighted by Gasteiger charge is -2.30. The highest BCUT2D eigenvalue weighted by Crippen LogP contribution is 2.26. The number of carbonyl (C=O) groups is 1. The minimum atomic E-state index is -3.67. The molecule has 0 aliphatic carbocycles. The molecular weight excluding hydrogens is 364 g/mol. The monoisotopic (exact) mass is 390 g/mol. The van der Waals surface area contributed by atoms with Crippen LogP contribution in [-0.2, 0) is 14.8 Å². The van der Waals surface area contributed by atoms with Gasteiger partial charge in [-0.25, -0.2) is 8.42 Å². The maximum absolute atomic E-state index is 12.9. The molecule has 1 atom stereocenters. The van der Waals surface area contributed by atoms with Crippen molar-refractivity contribution in [3.8, 4) is 5.75 Å². The Hall–Kier alpha value is -2.54. The van der Waals surface area contributed by atoms with E-state index in [1.54, 1.807) is 31.2 Å². The first-order valence-corrected chi connectivity index (χ1v) is 10.5. The van der Waals surface area contributed by atoms with E-state index in [2.05, 4.69) is 5.32 Å². The van der Waals surface area contributed by atoms with Gasteiger partial charge in [-0.3, -0.25) is 9.10 Å². The van der Waals surface area contributed by atoms with Gasteiger partial charge in [0.05, 0.1) is 19.1 Å². The number of anilines is 2. The van der Waals surface area contributed by atoms with Gasteiger partial charge in [0, 0.05) is 5.69 Å². The fraction of sp³-hybridized carbons (Fsp3) is 0.350. The number of amides is 1. The van der Waals surface area contributed by atoms with Gasteiger partial charge in [-0.15, -0.1) is 0 Å². The number of hydrogen-bond donors (Lipinski definition) is 1. The van der Waals surface area contributed by atoms with Crippen LogP contribution < -0.4 is 14.4 Å². The topological polar surface area (TPSA) is 75.7 Å². The first kappa shape index (κ1) is 20.8. The molecule has 0 aromatic heterocycles. The van der Waals surface area contributed by atoms with E-state index in [0.29, 0.717) is 23.5 Å². The fourth-order valence-corrected chi connectivity index (χ4v) is 4.10. The van der Waals surface area contributed by atoms with Crippen molar-refractivity contribution >= 4 is 27.3 Å². The number of aryl methyl sites for hydroxylation is 1. The molecule has 6 nitrogen and oxygen atoms in total. The second kappa shape index (κ2) is 8.43. The predicted octanol–water partition coefficient (Wildman–Crippen LogP) is 3.50. The van der Waals surface area contributed by atoms with E-state index in [4.69, 9.17) is 4.74 Å². The largest absolute Gasteiger partial charge is 0.497 e. The number of methoxy groups -OCH3 is 1. The molecule has 1 amide bonds. The third kappa shape index (κ3) is 4.80. The Kier molecular flexibility index (Phi) is 6.49. The molecular formula is C20H26N2O4S. The number of hydrogen-bond acceptors (Lipinski definition) is 4. The Morgan fingerprint density at radius 3 is 2.30 bits per heavy atom. The van der Waals surface area contributed by atoms with Crippen LogP contribution in [0, 0.1) is 13.8 Å². The molecule has 1 unspecified atom stereocenters. The van der Waals surface area contributed by atoms with E-state index in [1.165, 1.54) is 7.11 Å². The summed E-state index contributed by atoms with van der Waals surface area (Å²) < 4.78 is 31.2. The minimum Gasteiger partial charge on any atom is -0.497 e. The standard InChI is InChI=1S/C20H26N2O4S/c1-6-19(20(23)21-18-9-7-8-14(2)15(18)3)22(27(5,24)25)16-10-12-17(26-4)13-11-16/h7-13,19H,6H2,1-5H3,(H,21,23). The van der Waals surface area contributed by atoms with E-state index >= 15 is 0 Å². The number of carbonyl (C=O) groups excluding carboxylic acids is 1. The van der Waals surface area contributed by atoms with Gasteiger partial charge in [0.25, 0.3) is 0 Å². The Morgan fingerprint density at radius 2 is 1.78 bits per heavy atom. The highest BCUT2D eigenvalue weighted by Gasteiger charge is 2.31. The van der Waals surface area contributed by atoms with Crippen LogP contribution in [0.3, 0.4) is 0 Å². The zero-order valence-corrected chi connectivity index (χ0v) is 17.1. The molecule has 0 fully saturated rings. The van der Waals surface area contributed by atoms with E-state index in [-0.39, 0.29) is 5.91 Å². The van der Waals surface area contributed by atoms with Crippen molar-refractivity contribution in [2.75, 3.05) is 23.0 Å². The molecule has 0 aliphatic heterocycles. The van der Waals surface area contributed by atoms with Gasteiger partial charge in [-0.2, -0.15) is 0 Å². The number of nitrogens with zero attached hydrogens (tertiary/aromatic N) is 1. The van der Waals surface area contributed by atoms with Gasteiger partial charge >= 0.3 is 0 Å². The highest BCUT2D eigenvalue weighted by atomic mass is 32.2. The summed E-state index contributed by atoms with van der Waals surface area (Å²) in [4.78, 5) is 12.9. The maximum Gasteiger partial charge on any atom is 0.248 e. The summed E-state index contributed by atoms with van der Waals surface area (Å²) in [6, 6.07) is 11.4. The minimum absolute atomic E-state index is 0.329. The molecule has 0 spiro atoms. The molecule has 2 aromatic carbocycles. The van der Waals surface area contributed by atoms with Crippen LogP contribution in [0.25, 0.3) is 0 Å². The third-order valence-electron chi connectivity index (χ3n) is 4.52. The normalized spacial score (nSPS) is 12.3. The summed E-state index contributed by atoms with van der Waals surface area (Å²) in [5, 5.41) is 2.88. The van der Waals surface area contributed by atoms with E-state index in [0.717, 1.165) is 21.7 Å². The first-order chi connectivity index (χ1) is 12.7. The number of ether oxygens (including phenoxy) is 1. The Labute approximate surface area is 161 Å². The second-order valence-corrected chi connectivity index (χ2v) is 8.28. The number of rotatable bonds is 7. The molecule has 0 radical (unpaired) electrons. The van der Waals surface area contributed by atoms with Crippen LogP contribution in [0.4, 0.5) is 11.4 Å². The first-order valence-electron chi connectivity index (χ1n) is 8.69. The number of nitrogens with one attached hydrogen (secondary N) is 1. The SMILES string of the molecule is CCC(C(=O)Nc1cccc(C)c1C)N(c1ccc(OC)cc1)S(C)(=O)=O. The molecule has 0 bridgehead atoms. The van der Waals surface area contributed by atoms with E-state index in [1.807, 2.05) is 32.0 Å². The van der Waals surface area contributed by atoms with Crippen LogP contribution in [-0.4, -0.2) is 33.7 Å². The van der Waals surface area contributed by atoms with E-state index < -0.39 is 16.1 Å². The van der Waals surface area contributed by atoms with Gasteiger partial charge in [0.2, 0.25) is 15.9 Å². The molecule has 27 heavy (non-hydrogen) atoms. The smallest absolute Gasteiger partial charge is 0.248 e. The molecule has 1 N–H and O–H groups in total. The van der Waals surface area contributed by atoms with Crippen LogP contribution in [0.1, 0.15) is 24.5 Å². The molecule has 146 valence electrons. The molecule has 0 heterocycles. The molecule has 2 rings (SSSR count). The summed E-state index contributed by atoms with van der Waals surface area (Å²) >= 11 is 0. The van der Waals surface area contributed by atoms with Crippen molar-refractivity contribution in [2.24, 2.45) is 0 Å². The van der Waals surface area contributed by atoms with Crippen molar-refractivity contribution in [1.29, 1.82) is 0 Å². The molecule has 7 heteroatoms. The summed E-state index contributed by atoms with van der Waals surface area (Å²) in [7, 11) is -2.14. The van der Waals surface area contributed by atoms with E-state index in [9.17, 15) is 13.2 Å². The van der Waals surface area contributed by atoms with Crippen LogP contribution in [0.2, 0.25) is 0 Å². The van der Waals surface area contributed by atoms with Crippen molar-refractivity contribution < 1.29 is 17.9 Å². The number of sulfonamides is 1. The van der Waals surface area contributed by atoms with Crippen LogP contribution >= 0.6 is 0 Å². The van der Waals surface area contributed by atoms with Crippen molar-refractivity contribution in [3.63, 3.8) is 0 Å². The Bertz CT molecular complexity index is 908. The summed E-state index contributed by atoms with van der Waals surface area (Å²) in [5.74, 6) is 0.243. The lowest BCUT2D eigenvalue weighted by Crippen LogP contribution is -2.47. The van der Waals surface area contributed by atoms with Gasteiger partial charge < -0.3 is 10.1 Å². The average Bonchev–Trinajstić information content (AvgIpc) is 2.62. The van der Waals surface area contributed by atoms with Gasteiger partial charge in [0.1, 0.15) is 11.8 Å². The van der Waals surface area contributed by atoms with Gasteiger partial charge in [-0.05, 0) is 61.7 Å². The summed E-state index contributed by atoms with van der Waals surface area (Å²) in [5.41, 5.74) is 3.11. The zero-order chi connectivity index (χ0) is 20.2. The van der Waals surface area contributed by atoms with Crippen molar-refractivity contribution in [1.82, 2.24) is 0 Å². The number of benzene rings is 2. The Balaban J connectivity index is 2.39. The zero-order valence-electron chi connectivity index (χ0n) is 16.3. The lowest BCUT2D eigenvalue weighted by molar-refractivity contribution is -0.117. The van der Waals surface area contributed by atoms with Crippen molar-refractivity contribution in [3.05, 3.63) is 53.6 Å². The summed E-state index contributed by atoms with van der Waals surface area (Å²) in [6.45, 7) is 5.67. The van der Waals surface area contributed by atoms with Crippen LogP contribution in [0.5, 0.6) is 5.75 Å². The van der Waals surface area contributed by atoms with Crippen LogP contribution in [0.15, 0.2) is 42.5 Å². The quantitative estimate of drug-likeness (QED) is 0.785. The maximum atomic E-state index is 12.9.